The molecule has 0 saturated carbocycles. The van der Waals surface area contributed by atoms with Gasteiger partial charge in [0.15, 0.2) is 10.1 Å². The Morgan fingerprint density at radius 1 is 1.00 bits per heavy atom. The number of ether oxygens (including phenoxy) is 2. The number of alkyl halides is 3. The Labute approximate surface area is 168 Å². The highest BCUT2D eigenvalue weighted by Gasteiger charge is 2.36. The number of carbonyl (C=O) groups is 1. The molecule has 0 aliphatic carbocycles. The van der Waals surface area contributed by atoms with E-state index in [4.69, 9.17) is 22.4 Å². The van der Waals surface area contributed by atoms with Gasteiger partial charge in [-0.05, 0) is 24.3 Å². The van der Waals surface area contributed by atoms with Crippen LogP contribution >= 0.6 is 0 Å². The zero-order chi connectivity index (χ0) is 22.9. The van der Waals surface area contributed by atoms with Crippen molar-refractivity contribution in [3.63, 3.8) is 0 Å². The molecule has 12 heteroatoms. The van der Waals surface area contributed by atoms with Gasteiger partial charge in [-0.2, -0.15) is 17.7 Å². The Bertz CT molecular complexity index is 1160. The van der Waals surface area contributed by atoms with Gasteiger partial charge in [-0.25, -0.2) is 13.2 Å². The molecule has 1 heterocycles. The van der Waals surface area contributed by atoms with Crippen LogP contribution in [0.1, 0.15) is 10.4 Å². The molecule has 3 rings (SSSR count). The number of hydrogen-bond acceptors (Lipinski definition) is 6. The van der Waals surface area contributed by atoms with Crippen molar-refractivity contribution in [2.24, 2.45) is 7.05 Å². The topological polar surface area (TPSA) is 117 Å². The number of methoxy groups -OCH3 is 2. The zero-order valence-corrected chi connectivity index (χ0v) is 16.7. The molecule has 0 fully saturated rings. The summed E-state index contributed by atoms with van der Waals surface area (Å²) < 4.78 is 71.3. The molecule has 2 aromatic carbocycles. The van der Waals surface area contributed by atoms with Crippen LogP contribution < -0.4 is 14.0 Å². The van der Waals surface area contributed by atoms with Gasteiger partial charge >= 0.3 is 11.5 Å². The molecule has 8 nitrogen and oxygen atoms in total. The van der Waals surface area contributed by atoms with Crippen molar-refractivity contribution in [2.75, 3.05) is 14.2 Å². The number of pyridine rings is 1. The van der Waals surface area contributed by atoms with E-state index in [1.807, 2.05) is 35.9 Å². The van der Waals surface area contributed by atoms with E-state index in [0.29, 0.717) is 22.3 Å². The fourth-order valence-corrected chi connectivity index (χ4v) is 2.77. The van der Waals surface area contributed by atoms with Crippen LogP contribution in [0.5, 0.6) is 11.5 Å². The Morgan fingerprint density at radius 2 is 1.37 bits per heavy atom. The lowest BCUT2D eigenvalue weighted by Gasteiger charge is -2.09. The van der Waals surface area contributed by atoms with Crippen molar-refractivity contribution in [2.45, 2.75) is 5.51 Å². The maximum atomic E-state index is 11.8. The summed E-state index contributed by atoms with van der Waals surface area (Å²) in [5, 5.41) is 11.0. The molecule has 3 aromatic rings. The number of carboxylic acids is 1. The summed E-state index contributed by atoms with van der Waals surface area (Å²) in [6.07, 6.45) is 0. The lowest BCUT2D eigenvalue weighted by atomic mass is 10.0. The molecule has 0 aliphatic rings. The molecule has 0 aliphatic heterocycles. The average Bonchev–Trinajstić information content (AvgIpc) is 2.66. The third-order valence-corrected chi connectivity index (χ3v) is 4.73. The third kappa shape index (κ3) is 4.54. The Hall–Kier alpha value is -3.12. The minimum Gasteiger partial charge on any atom is -0.741 e. The lowest BCUT2D eigenvalue weighted by Crippen LogP contribution is -2.31. The van der Waals surface area contributed by atoms with Crippen molar-refractivity contribution >= 4 is 37.9 Å². The van der Waals surface area contributed by atoms with Crippen LogP contribution in [0.15, 0.2) is 36.4 Å². The second kappa shape index (κ2) is 8.32. The van der Waals surface area contributed by atoms with Crippen LogP contribution in [-0.4, -0.2) is 43.8 Å². The number of nitrogens with zero attached hydrogens (tertiary/aromatic N) is 1. The minimum absolute atomic E-state index is 0.251. The minimum atomic E-state index is -6.09. The molecule has 1 aromatic heterocycles. The largest absolute Gasteiger partial charge is 0.741 e. The van der Waals surface area contributed by atoms with Gasteiger partial charge in [-0.15, -0.1) is 0 Å². The highest BCUT2D eigenvalue weighted by atomic mass is 32.2. The smallest absolute Gasteiger partial charge is 0.485 e. The molecule has 0 spiro atoms. The highest BCUT2D eigenvalue weighted by molar-refractivity contribution is 7.86. The monoisotopic (exact) mass is 447 g/mol. The fraction of sp³-hybridized carbons (Fsp3) is 0.222. The van der Waals surface area contributed by atoms with Gasteiger partial charge in [-0.3, -0.25) is 0 Å². The molecule has 0 atom stereocenters. The van der Waals surface area contributed by atoms with E-state index in [2.05, 4.69) is 0 Å². The second-order valence-electron chi connectivity index (χ2n) is 5.91. The zero-order valence-electron chi connectivity index (χ0n) is 15.9. The molecule has 0 saturated heterocycles. The number of carboxylic acid groups (broad SMARTS) is 1. The van der Waals surface area contributed by atoms with Crippen LogP contribution in [0.2, 0.25) is 0 Å². The maximum absolute atomic E-state index is 11.8. The number of halogens is 3. The standard InChI is InChI=1S/C17H15NO4.CHF3O3S/c1-18-14-6-4-10(21-2)8-12(14)16(17(19)20)13-9-11(22-3)5-7-15(13)18;2-1(3,4)8(5,6)7/h4-9H,1-3H3;(H,5,6,7). The first-order chi connectivity index (χ1) is 13.8. The molecule has 1 N–H and O–H groups in total. The number of aromatic nitrogens is 1. The van der Waals surface area contributed by atoms with Gasteiger partial charge < -0.3 is 19.1 Å². The van der Waals surface area contributed by atoms with E-state index in [0.717, 1.165) is 11.0 Å². The van der Waals surface area contributed by atoms with Crippen LogP contribution in [0.25, 0.3) is 21.8 Å². The first kappa shape index (κ1) is 23.2. The fourth-order valence-electron chi connectivity index (χ4n) is 2.77. The number of aromatic carboxylic acids is 1. The summed E-state index contributed by atoms with van der Waals surface area (Å²) >= 11 is 0. The van der Waals surface area contributed by atoms with Crippen molar-refractivity contribution in [3.8, 4) is 11.5 Å². The molecule has 0 bridgehead atoms. The number of hydrogen-bond donors (Lipinski definition) is 1. The molecule has 0 unspecified atom stereocenters. The van der Waals surface area contributed by atoms with E-state index in [9.17, 15) is 23.1 Å². The van der Waals surface area contributed by atoms with Gasteiger partial charge in [-0.1, -0.05) is 0 Å². The summed E-state index contributed by atoms with van der Waals surface area (Å²) in [4.78, 5) is 11.8. The molecule has 0 amide bonds. The summed E-state index contributed by atoms with van der Waals surface area (Å²) in [6.45, 7) is 0. The second-order valence-corrected chi connectivity index (χ2v) is 7.28. The van der Waals surface area contributed by atoms with Gasteiger partial charge in [0.1, 0.15) is 18.5 Å². The van der Waals surface area contributed by atoms with E-state index < -0.39 is 21.6 Å². The normalized spacial score (nSPS) is 11.7. The summed E-state index contributed by atoms with van der Waals surface area (Å²) in [5.41, 5.74) is -3.74. The van der Waals surface area contributed by atoms with Gasteiger partial charge in [0.2, 0.25) is 11.0 Å². The Balaban J connectivity index is 0.000000343. The summed E-state index contributed by atoms with van der Waals surface area (Å²) in [7, 11) is -1.06. The molecular formula is C18H16F3NO7S. The van der Waals surface area contributed by atoms with E-state index in [-0.39, 0.29) is 5.56 Å². The number of aryl methyl sites for hydroxylation is 1. The van der Waals surface area contributed by atoms with Crippen LogP contribution in [-0.2, 0) is 17.2 Å². The van der Waals surface area contributed by atoms with Crippen molar-refractivity contribution in [3.05, 3.63) is 42.0 Å². The lowest BCUT2D eigenvalue weighted by molar-refractivity contribution is -0.617. The van der Waals surface area contributed by atoms with Crippen LogP contribution in [0, 0.1) is 0 Å². The molecule has 162 valence electrons. The molecule has 30 heavy (non-hydrogen) atoms. The van der Waals surface area contributed by atoms with Crippen molar-refractivity contribution in [1.82, 2.24) is 0 Å². The maximum Gasteiger partial charge on any atom is 0.485 e. The average molecular weight is 447 g/mol. The Kier molecular flexibility index (Phi) is 6.42. The third-order valence-electron chi connectivity index (χ3n) is 4.17. The van der Waals surface area contributed by atoms with Gasteiger partial charge in [0.25, 0.3) is 0 Å². The highest BCUT2D eigenvalue weighted by Crippen LogP contribution is 2.30. The first-order valence-electron chi connectivity index (χ1n) is 8.04. The summed E-state index contributed by atoms with van der Waals surface area (Å²) in [5.74, 6) is 0.270. The summed E-state index contributed by atoms with van der Waals surface area (Å²) in [6, 6.07) is 10.9. The van der Waals surface area contributed by atoms with E-state index in [1.165, 1.54) is 0 Å². The number of fused-ring (bicyclic) bond motifs is 2. The Morgan fingerprint density at radius 3 is 1.63 bits per heavy atom. The number of rotatable bonds is 3. The SMILES string of the molecule is COc1ccc2c(c1)c(C(=O)O)c1cc(OC)ccc1[n+]2C.O=S(=O)([O-])C(F)(F)F. The first-order valence-corrected chi connectivity index (χ1v) is 9.45. The predicted octanol–water partition coefficient (Wildman–Crippen LogP) is 2.58. The van der Waals surface area contributed by atoms with Crippen molar-refractivity contribution < 1.29 is 50.1 Å². The number of benzene rings is 2. The molecular weight excluding hydrogens is 431 g/mol. The van der Waals surface area contributed by atoms with E-state index in [1.54, 1.807) is 26.4 Å². The van der Waals surface area contributed by atoms with E-state index >= 15 is 0 Å². The predicted molar refractivity (Wildman–Crippen MR) is 98.4 cm³/mol. The quantitative estimate of drug-likeness (QED) is 0.284. The molecule has 0 radical (unpaired) electrons. The van der Waals surface area contributed by atoms with Gasteiger partial charge in [0.05, 0.1) is 30.6 Å². The van der Waals surface area contributed by atoms with Crippen molar-refractivity contribution in [1.29, 1.82) is 0 Å². The van der Waals surface area contributed by atoms with Crippen LogP contribution in [0.3, 0.4) is 0 Å². The van der Waals surface area contributed by atoms with Crippen LogP contribution in [0.4, 0.5) is 13.2 Å². The van der Waals surface area contributed by atoms with Gasteiger partial charge in [0, 0.05) is 12.1 Å².